The minimum atomic E-state index is -0.0489. The largest absolute Gasteiger partial charge is 0.352 e. The highest BCUT2D eigenvalue weighted by atomic mass is 32.1. The van der Waals surface area contributed by atoms with Crippen molar-refractivity contribution in [3.63, 3.8) is 0 Å². The van der Waals surface area contributed by atoms with Crippen molar-refractivity contribution >= 4 is 22.6 Å². The minimum absolute atomic E-state index is 0.0278. The Labute approximate surface area is 105 Å². The Morgan fingerprint density at radius 1 is 1.47 bits per heavy atom. The summed E-state index contributed by atoms with van der Waals surface area (Å²) < 4.78 is 4.28. The summed E-state index contributed by atoms with van der Waals surface area (Å²) in [5, 5.41) is 6.63. The summed E-state index contributed by atoms with van der Waals surface area (Å²) in [7, 11) is 0. The molecule has 17 heavy (non-hydrogen) atoms. The second-order valence-electron chi connectivity index (χ2n) is 5.37. The lowest BCUT2D eigenvalue weighted by molar-refractivity contribution is -0.119. The van der Waals surface area contributed by atoms with Gasteiger partial charge in [0.2, 0.25) is 11.0 Å². The van der Waals surface area contributed by atoms with Gasteiger partial charge < -0.3 is 10.6 Å². The third-order valence-electron chi connectivity index (χ3n) is 2.44. The molecular formula is C11H18N4OS. The van der Waals surface area contributed by atoms with E-state index in [1.807, 2.05) is 0 Å². The van der Waals surface area contributed by atoms with Gasteiger partial charge in [-0.3, -0.25) is 4.79 Å². The predicted octanol–water partition coefficient (Wildman–Crippen LogP) is 1.53. The Morgan fingerprint density at radius 3 is 2.71 bits per heavy atom. The van der Waals surface area contributed by atoms with E-state index in [1.54, 1.807) is 0 Å². The maximum absolute atomic E-state index is 11.5. The highest BCUT2D eigenvalue weighted by Crippen LogP contribution is 2.22. The molecule has 2 N–H and O–H groups in total. The number of nitrogens with one attached hydrogen (secondary N) is 2. The molecule has 1 aliphatic carbocycles. The Hall–Kier alpha value is -1.17. The summed E-state index contributed by atoms with van der Waals surface area (Å²) >= 11 is 1.30. The number of aromatic nitrogens is 2. The van der Waals surface area contributed by atoms with Gasteiger partial charge >= 0.3 is 0 Å². The van der Waals surface area contributed by atoms with Crippen molar-refractivity contribution in [1.29, 1.82) is 0 Å². The van der Waals surface area contributed by atoms with Crippen LogP contribution in [0.2, 0.25) is 0 Å². The Balaban J connectivity index is 1.82. The van der Waals surface area contributed by atoms with E-state index in [1.165, 1.54) is 11.5 Å². The van der Waals surface area contributed by atoms with E-state index in [4.69, 9.17) is 0 Å². The summed E-state index contributed by atoms with van der Waals surface area (Å²) in [5.41, 5.74) is -0.0489. The van der Waals surface area contributed by atoms with Crippen LogP contribution in [0.1, 0.15) is 39.4 Å². The Bertz CT molecular complexity index is 406. The minimum Gasteiger partial charge on any atom is -0.352 e. The van der Waals surface area contributed by atoms with Crippen molar-refractivity contribution in [3.8, 4) is 0 Å². The molecule has 1 heterocycles. The van der Waals surface area contributed by atoms with Crippen molar-refractivity contribution in [2.75, 3.05) is 11.9 Å². The molecule has 1 aromatic rings. The summed E-state index contributed by atoms with van der Waals surface area (Å²) in [6.45, 7) is 6.48. The number of hydrogen-bond donors (Lipinski definition) is 2. The first-order valence-corrected chi connectivity index (χ1v) is 6.60. The van der Waals surface area contributed by atoms with Crippen molar-refractivity contribution in [2.45, 2.75) is 45.1 Å². The molecule has 0 unspecified atom stereocenters. The molecular weight excluding hydrogens is 236 g/mol. The van der Waals surface area contributed by atoms with E-state index < -0.39 is 0 Å². The molecule has 0 radical (unpaired) electrons. The number of amides is 1. The zero-order chi connectivity index (χ0) is 12.5. The van der Waals surface area contributed by atoms with Gasteiger partial charge in [-0.15, -0.1) is 0 Å². The fraction of sp³-hybridized carbons (Fsp3) is 0.727. The molecule has 1 saturated carbocycles. The van der Waals surface area contributed by atoms with E-state index >= 15 is 0 Å². The summed E-state index contributed by atoms with van der Waals surface area (Å²) in [6.07, 6.45) is 2.22. The Kier molecular flexibility index (Phi) is 3.33. The number of nitrogens with zero attached hydrogens (tertiary/aromatic N) is 2. The van der Waals surface area contributed by atoms with Gasteiger partial charge in [0.05, 0.1) is 6.54 Å². The van der Waals surface area contributed by atoms with Gasteiger partial charge in [0.1, 0.15) is 5.82 Å². The van der Waals surface area contributed by atoms with E-state index in [9.17, 15) is 4.79 Å². The monoisotopic (exact) mass is 254 g/mol. The number of hydrogen-bond acceptors (Lipinski definition) is 5. The zero-order valence-corrected chi connectivity index (χ0v) is 11.2. The lowest BCUT2D eigenvalue weighted by atomic mass is 9.96. The molecule has 0 bridgehead atoms. The molecule has 1 aliphatic rings. The summed E-state index contributed by atoms with van der Waals surface area (Å²) in [6, 6.07) is 0.406. The van der Waals surface area contributed by atoms with Crippen LogP contribution in [-0.2, 0) is 10.2 Å². The van der Waals surface area contributed by atoms with Crippen LogP contribution in [0, 0.1) is 0 Å². The van der Waals surface area contributed by atoms with Gasteiger partial charge in [0, 0.05) is 23.0 Å². The number of carbonyl (C=O) groups is 1. The van der Waals surface area contributed by atoms with E-state index in [0.717, 1.165) is 18.7 Å². The molecule has 0 aromatic carbocycles. The molecule has 0 aliphatic heterocycles. The molecule has 0 spiro atoms. The fourth-order valence-electron chi connectivity index (χ4n) is 1.26. The SMILES string of the molecule is CC(C)(C)c1nsc(NCC(=O)NC2CC2)n1. The molecule has 1 fully saturated rings. The lowest BCUT2D eigenvalue weighted by Gasteiger charge is -2.12. The van der Waals surface area contributed by atoms with Crippen LogP contribution < -0.4 is 10.6 Å². The topological polar surface area (TPSA) is 66.9 Å². The third kappa shape index (κ3) is 3.66. The Morgan fingerprint density at radius 2 is 2.18 bits per heavy atom. The fourth-order valence-corrected chi connectivity index (χ4v) is 2.01. The maximum atomic E-state index is 11.5. The molecule has 6 heteroatoms. The normalized spacial score (nSPS) is 15.7. The first-order valence-electron chi connectivity index (χ1n) is 5.82. The molecule has 0 saturated heterocycles. The predicted molar refractivity (Wildman–Crippen MR) is 68.3 cm³/mol. The molecule has 5 nitrogen and oxygen atoms in total. The third-order valence-corrected chi connectivity index (χ3v) is 3.11. The van der Waals surface area contributed by atoms with Crippen LogP contribution in [0.25, 0.3) is 0 Å². The first kappa shape index (κ1) is 12.3. The van der Waals surface area contributed by atoms with E-state index in [2.05, 4.69) is 40.8 Å². The van der Waals surface area contributed by atoms with Gasteiger partial charge in [0.25, 0.3) is 0 Å². The summed E-state index contributed by atoms with van der Waals surface area (Å²) in [5.74, 6) is 0.840. The van der Waals surface area contributed by atoms with Gasteiger partial charge in [-0.1, -0.05) is 20.8 Å². The van der Waals surface area contributed by atoms with Crippen molar-refractivity contribution in [2.24, 2.45) is 0 Å². The van der Waals surface area contributed by atoms with Crippen LogP contribution in [0.3, 0.4) is 0 Å². The molecule has 1 aromatic heterocycles. The van der Waals surface area contributed by atoms with Crippen molar-refractivity contribution in [1.82, 2.24) is 14.7 Å². The summed E-state index contributed by atoms with van der Waals surface area (Å²) in [4.78, 5) is 15.8. The first-order chi connectivity index (χ1) is 7.95. The molecule has 94 valence electrons. The van der Waals surface area contributed by atoms with Crippen molar-refractivity contribution in [3.05, 3.63) is 5.82 Å². The quantitative estimate of drug-likeness (QED) is 0.855. The molecule has 2 rings (SSSR count). The zero-order valence-electron chi connectivity index (χ0n) is 10.4. The highest BCUT2D eigenvalue weighted by molar-refractivity contribution is 7.09. The average Bonchev–Trinajstić information content (AvgIpc) is 2.90. The van der Waals surface area contributed by atoms with Gasteiger partial charge in [-0.2, -0.15) is 4.37 Å². The number of carbonyl (C=O) groups excluding carboxylic acids is 1. The van der Waals surface area contributed by atoms with Gasteiger partial charge in [-0.25, -0.2) is 4.98 Å². The second-order valence-corrected chi connectivity index (χ2v) is 6.12. The second kappa shape index (κ2) is 4.60. The van der Waals surface area contributed by atoms with Gasteiger partial charge in [0.15, 0.2) is 0 Å². The lowest BCUT2D eigenvalue weighted by Crippen LogP contribution is -2.31. The van der Waals surface area contributed by atoms with Crippen LogP contribution in [0.15, 0.2) is 0 Å². The molecule has 0 atom stereocenters. The maximum Gasteiger partial charge on any atom is 0.239 e. The van der Waals surface area contributed by atoms with E-state index in [0.29, 0.717) is 11.2 Å². The van der Waals surface area contributed by atoms with Crippen LogP contribution in [0.5, 0.6) is 0 Å². The average molecular weight is 254 g/mol. The smallest absolute Gasteiger partial charge is 0.239 e. The molecule has 1 amide bonds. The van der Waals surface area contributed by atoms with Crippen LogP contribution in [0.4, 0.5) is 5.13 Å². The number of anilines is 1. The van der Waals surface area contributed by atoms with E-state index in [-0.39, 0.29) is 17.9 Å². The number of rotatable bonds is 4. The van der Waals surface area contributed by atoms with Gasteiger partial charge in [-0.05, 0) is 12.8 Å². The van der Waals surface area contributed by atoms with Crippen LogP contribution >= 0.6 is 11.5 Å². The highest BCUT2D eigenvalue weighted by Gasteiger charge is 2.23. The van der Waals surface area contributed by atoms with Crippen molar-refractivity contribution < 1.29 is 4.79 Å². The standard InChI is InChI=1S/C11H18N4OS/c1-11(2,3)9-14-10(17-15-9)12-6-8(16)13-7-4-5-7/h7H,4-6H2,1-3H3,(H,13,16)(H,12,14,15). The van der Waals surface area contributed by atoms with Crippen LogP contribution in [-0.4, -0.2) is 27.9 Å².